The number of carbonyl (C=O) groups is 2. The van der Waals surface area contributed by atoms with Gasteiger partial charge in [0, 0.05) is 12.7 Å². The Morgan fingerprint density at radius 2 is 2.08 bits per heavy atom. The summed E-state index contributed by atoms with van der Waals surface area (Å²) in [4.78, 5) is 24.4. The maximum absolute atomic E-state index is 12.8. The topological polar surface area (TPSA) is 91.0 Å². The third-order valence-electron chi connectivity index (χ3n) is 3.59. The molecule has 8 nitrogen and oxygen atoms in total. The Hall–Kier alpha value is -2.78. The second-order valence-corrected chi connectivity index (χ2v) is 5.37. The SMILES string of the molecule is CCOC(=O)c1cnn(C)c1NC(=O)C(C)n1nc(C(F)F)cc1C. The number of aromatic nitrogens is 4. The third-order valence-corrected chi connectivity index (χ3v) is 3.59. The number of nitrogens with zero attached hydrogens (tertiary/aromatic N) is 4. The molecule has 2 aromatic rings. The summed E-state index contributed by atoms with van der Waals surface area (Å²) in [5.41, 5.74) is 0.133. The van der Waals surface area contributed by atoms with Gasteiger partial charge in [-0.1, -0.05) is 0 Å². The van der Waals surface area contributed by atoms with Crippen LogP contribution in [0.1, 0.15) is 48.1 Å². The maximum atomic E-state index is 12.8. The fourth-order valence-corrected chi connectivity index (χ4v) is 2.29. The molecule has 1 atom stereocenters. The van der Waals surface area contributed by atoms with E-state index < -0.39 is 30.0 Å². The van der Waals surface area contributed by atoms with Crippen LogP contribution in [0, 0.1) is 6.92 Å². The standard InChI is InChI=1S/C15H19F2N5O3/c1-5-25-15(24)10-7-18-21(4)13(10)19-14(23)9(3)22-8(2)6-11(20-22)12(16)17/h6-7,9,12H,5H2,1-4H3,(H,19,23). The smallest absolute Gasteiger partial charge is 0.343 e. The summed E-state index contributed by atoms with van der Waals surface area (Å²) in [6.45, 7) is 4.94. The van der Waals surface area contributed by atoms with Crippen LogP contribution in [0.25, 0.3) is 0 Å². The summed E-state index contributed by atoms with van der Waals surface area (Å²) >= 11 is 0. The number of alkyl halides is 2. The molecule has 2 aromatic heterocycles. The number of aryl methyl sites for hydroxylation is 2. The normalized spacial score (nSPS) is 12.3. The molecule has 10 heteroatoms. The Morgan fingerprint density at radius 1 is 1.40 bits per heavy atom. The van der Waals surface area contributed by atoms with Gasteiger partial charge in [0.15, 0.2) is 0 Å². The number of amides is 1. The molecule has 0 fully saturated rings. The van der Waals surface area contributed by atoms with Gasteiger partial charge >= 0.3 is 5.97 Å². The first-order chi connectivity index (χ1) is 11.8. The Bertz CT molecular complexity index is 784. The van der Waals surface area contributed by atoms with Crippen LogP contribution >= 0.6 is 0 Å². The molecule has 2 rings (SSSR count). The molecule has 0 aliphatic rings. The molecule has 2 heterocycles. The second-order valence-electron chi connectivity index (χ2n) is 5.37. The van der Waals surface area contributed by atoms with Crippen molar-refractivity contribution in [3.63, 3.8) is 0 Å². The van der Waals surface area contributed by atoms with Crippen molar-refractivity contribution < 1.29 is 23.1 Å². The highest BCUT2D eigenvalue weighted by Gasteiger charge is 2.25. The first-order valence-corrected chi connectivity index (χ1v) is 7.60. The van der Waals surface area contributed by atoms with Gasteiger partial charge in [0.1, 0.15) is 23.1 Å². The molecule has 136 valence electrons. The highest BCUT2D eigenvalue weighted by Crippen LogP contribution is 2.22. The first kappa shape index (κ1) is 18.6. The summed E-state index contributed by atoms with van der Waals surface area (Å²) in [7, 11) is 1.55. The van der Waals surface area contributed by atoms with Crippen LogP contribution in [-0.2, 0) is 16.6 Å². The molecule has 25 heavy (non-hydrogen) atoms. The van der Waals surface area contributed by atoms with Crippen LogP contribution in [0.15, 0.2) is 12.3 Å². The molecule has 0 bridgehead atoms. The number of anilines is 1. The number of carbonyl (C=O) groups excluding carboxylic acids is 2. The minimum Gasteiger partial charge on any atom is -0.462 e. The lowest BCUT2D eigenvalue weighted by atomic mass is 10.2. The Kier molecular flexibility index (Phi) is 5.50. The van der Waals surface area contributed by atoms with Gasteiger partial charge in [-0.3, -0.25) is 14.2 Å². The molecule has 1 amide bonds. The molecule has 1 N–H and O–H groups in total. The van der Waals surface area contributed by atoms with Crippen LogP contribution in [0.3, 0.4) is 0 Å². The van der Waals surface area contributed by atoms with Gasteiger partial charge in [-0.2, -0.15) is 10.2 Å². The van der Waals surface area contributed by atoms with Gasteiger partial charge < -0.3 is 10.1 Å². The van der Waals surface area contributed by atoms with Crippen molar-refractivity contribution in [1.29, 1.82) is 0 Å². The van der Waals surface area contributed by atoms with E-state index in [1.807, 2.05) is 0 Å². The minimum absolute atomic E-state index is 0.107. The zero-order valence-electron chi connectivity index (χ0n) is 14.3. The Labute approximate surface area is 142 Å². The predicted octanol–water partition coefficient (Wildman–Crippen LogP) is 2.24. The summed E-state index contributed by atoms with van der Waals surface area (Å²) < 4.78 is 33.0. The number of hydrogen-bond donors (Lipinski definition) is 1. The number of halogens is 2. The van der Waals surface area contributed by atoms with E-state index in [0.29, 0.717) is 5.69 Å². The number of ether oxygens (including phenoxy) is 1. The summed E-state index contributed by atoms with van der Waals surface area (Å²) in [5, 5.41) is 10.3. The van der Waals surface area contributed by atoms with E-state index in [2.05, 4.69) is 15.5 Å². The van der Waals surface area contributed by atoms with Crippen LogP contribution in [0.4, 0.5) is 14.6 Å². The van der Waals surface area contributed by atoms with Crippen molar-refractivity contribution in [2.75, 3.05) is 11.9 Å². The van der Waals surface area contributed by atoms with Gasteiger partial charge in [-0.05, 0) is 26.8 Å². The molecular weight excluding hydrogens is 336 g/mol. The number of hydrogen-bond acceptors (Lipinski definition) is 5. The lowest BCUT2D eigenvalue weighted by Gasteiger charge is -2.15. The number of rotatable bonds is 6. The second kappa shape index (κ2) is 7.41. The zero-order chi connectivity index (χ0) is 18.7. The maximum Gasteiger partial charge on any atom is 0.343 e. The third kappa shape index (κ3) is 3.83. The van der Waals surface area contributed by atoms with Crippen molar-refractivity contribution in [3.05, 3.63) is 29.2 Å². The summed E-state index contributed by atoms with van der Waals surface area (Å²) in [6, 6.07) is 0.361. The van der Waals surface area contributed by atoms with Gasteiger partial charge in [0.2, 0.25) is 5.91 Å². The minimum atomic E-state index is -2.72. The predicted molar refractivity (Wildman–Crippen MR) is 84.4 cm³/mol. The van der Waals surface area contributed by atoms with Gasteiger partial charge in [0.25, 0.3) is 6.43 Å². The van der Waals surface area contributed by atoms with Gasteiger partial charge in [-0.25, -0.2) is 13.6 Å². The highest BCUT2D eigenvalue weighted by atomic mass is 19.3. The molecule has 0 spiro atoms. The molecule has 0 aliphatic carbocycles. The van der Waals surface area contributed by atoms with Crippen molar-refractivity contribution in [1.82, 2.24) is 19.6 Å². The van der Waals surface area contributed by atoms with E-state index in [9.17, 15) is 18.4 Å². The molecule has 0 aliphatic heterocycles. The zero-order valence-corrected chi connectivity index (χ0v) is 14.3. The molecule has 0 saturated heterocycles. The monoisotopic (exact) mass is 355 g/mol. The van der Waals surface area contributed by atoms with E-state index in [1.54, 1.807) is 20.9 Å². The lowest BCUT2D eigenvalue weighted by molar-refractivity contribution is -0.119. The van der Waals surface area contributed by atoms with E-state index >= 15 is 0 Å². The van der Waals surface area contributed by atoms with Crippen LogP contribution in [-0.4, -0.2) is 38.0 Å². The van der Waals surface area contributed by atoms with Crippen LogP contribution in [0.5, 0.6) is 0 Å². The highest BCUT2D eigenvalue weighted by molar-refractivity contribution is 6.01. The van der Waals surface area contributed by atoms with Crippen molar-refractivity contribution in [3.8, 4) is 0 Å². The quantitative estimate of drug-likeness (QED) is 0.803. The summed E-state index contributed by atoms with van der Waals surface area (Å²) in [6.07, 6.45) is -1.44. The number of nitrogens with one attached hydrogen (secondary N) is 1. The van der Waals surface area contributed by atoms with E-state index in [4.69, 9.17) is 4.74 Å². The van der Waals surface area contributed by atoms with E-state index in [0.717, 1.165) is 0 Å². The molecule has 0 saturated carbocycles. The largest absolute Gasteiger partial charge is 0.462 e. The van der Waals surface area contributed by atoms with Crippen LogP contribution in [0.2, 0.25) is 0 Å². The molecule has 0 aromatic carbocycles. The van der Waals surface area contributed by atoms with Crippen molar-refractivity contribution in [2.45, 2.75) is 33.2 Å². The van der Waals surface area contributed by atoms with E-state index in [-0.39, 0.29) is 18.0 Å². The fourth-order valence-electron chi connectivity index (χ4n) is 2.29. The Balaban J connectivity index is 2.22. The fraction of sp³-hybridized carbons (Fsp3) is 0.467. The first-order valence-electron chi connectivity index (χ1n) is 7.60. The molecule has 1 unspecified atom stereocenters. The van der Waals surface area contributed by atoms with E-state index in [1.165, 1.54) is 28.6 Å². The number of esters is 1. The van der Waals surface area contributed by atoms with Gasteiger partial charge in [-0.15, -0.1) is 0 Å². The average Bonchev–Trinajstić information content (AvgIpc) is 3.11. The Morgan fingerprint density at radius 3 is 2.64 bits per heavy atom. The van der Waals surface area contributed by atoms with Crippen molar-refractivity contribution >= 4 is 17.7 Å². The van der Waals surface area contributed by atoms with Crippen LogP contribution < -0.4 is 5.32 Å². The molecule has 0 radical (unpaired) electrons. The van der Waals surface area contributed by atoms with Gasteiger partial charge in [0.05, 0.1) is 12.8 Å². The van der Waals surface area contributed by atoms with Crippen molar-refractivity contribution in [2.24, 2.45) is 7.05 Å². The molecular formula is C15H19F2N5O3. The average molecular weight is 355 g/mol. The lowest BCUT2D eigenvalue weighted by Crippen LogP contribution is -2.27. The summed E-state index contributed by atoms with van der Waals surface area (Å²) in [5.74, 6) is -0.982.